The monoisotopic (exact) mass is 305 g/mol. The van der Waals surface area contributed by atoms with Crippen molar-refractivity contribution in [1.82, 2.24) is 0 Å². The van der Waals surface area contributed by atoms with Crippen LogP contribution in [0.3, 0.4) is 0 Å². The van der Waals surface area contributed by atoms with Crippen molar-refractivity contribution in [3.05, 3.63) is 58.6 Å². The summed E-state index contributed by atoms with van der Waals surface area (Å²) in [7, 11) is 0. The molecule has 0 fully saturated rings. The molecule has 0 atom stereocenters. The predicted molar refractivity (Wildman–Crippen MR) is 83.6 cm³/mol. The number of hydrogen-bond donors (Lipinski definition) is 2. The van der Waals surface area contributed by atoms with Crippen molar-refractivity contribution in [3.63, 3.8) is 0 Å². The number of aryl methyl sites for hydroxylation is 1. The Hall–Kier alpha value is -2.20. The summed E-state index contributed by atoms with van der Waals surface area (Å²) in [6, 6.07) is 12.1. The first kappa shape index (κ1) is 15.2. The molecule has 5 heteroatoms. The number of nitrogens with one attached hydrogen (secondary N) is 1. The lowest BCUT2D eigenvalue weighted by molar-refractivity contribution is 0.0696. The van der Waals surface area contributed by atoms with Gasteiger partial charge in [0.15, 0.2) is 0 Å². The normalized spacial score (nSPS) is 10.2. The largest absolute Gasteiger partial charge is 0.492 e. The Labute approximate surface area is 128 Å². The van der Waals surface area contributed by atoms with E-state index in [0.29, 0.717) is 23.9 Å². The fourth-order valence-electron chi connectivity index (χ4n) is 1.86. The number of carboxylic acid groups (broad SMARTS) is 1. The van der Waals surface area contributed by atoms with Crippen LogP contribution in [0.4, 0.5) is 5.69 Å². The fourth-order valence-corrected chi connectivity index (χ4v) is 2.03. The molecule has 0 saturated heterocycles. The quantitative estimate of drug-likeness (QED) is 0.796. The fraction of sp³-hybridized carbons (Fsp3) is 0.188. The van der Waals surface area contributed by atoms with E-state index in [9.17, 15) is 4.79 Å². The van der Waals surface area contributed by atoms with Gasteiger partial charge in [-0.2, -0.15) is 0 Å². The molecular weight excluding hydrogens is 290 g/mol. The Morgan fingerprint density at radius 2 is 2.10 bits per heavy atom. The zero-order valence-corrected chi connectivity index (χ0v) is 12.4. The highest BCUT2D eigenvalue weighted by Gasteiger charge is 2.04. The van der Waals surface area contributed by atoms with E-state index in [-0.39, 0.29) is 5.56 Å². The van der Waals surface area contributed by atoms with Crippen LogP contribution in [0.2, 0.25) is 5.02 Å². The zero-order chi connectivity index (χ0) is 15.2. The number of ether oxygens (including phenoxy) is 1. The van der Waals surface area contributed by atoms with E-state index in [4.69, 9.17) is 21.4 Å². The molecule has 2 rings (SSSR count). The number of carbonyl (C=O) groups is 1. The molecule has 0 spiro atoms. The van der Waals surface area contributed by atoms with Crippen LogP contribution in [0.5, 0.6) is 5.75 Å². The lowest BCUT2D eigenvalue weighted by atomic mass is 10.2. The van der Waals surface area contributed by atoms with E-state index in [1.54, 1.807) is 12.1 Å². The number of carboxylic acids is 1. The SMILES string of the molecule is Cc1ccc(Cl)cc1NCCOc1cccc(C(=O)O)c1. The summed E-state index contributed by atoms with van der Waals surface area (Å²) in [6.07, 6.45) is 0. The maximum atomic E-state index is 10.9. The molecule has 110 valence electrons. The summed E-state index contributed by atoms with van der Waals surface area (Å²) in [4.78, 5) is 10.9. The van der Waals surface area contributed by atoms with Crippen LogP contribution < -0.4 is 10.1 Å². The second kappa shape index (κ2) is 6.99. The van der Waals surface area contributed by atoms with Crippen LogP contribution in [-0.2, 0) is 0 Å². The Balaban J connectivity index is 1.86. The topological polar surface area (TPSA) is 58.6 Å². The Morgan fingerprint density at radius 3 is 2.86 bits per heavy atom. The number of aromatic carboxylic acids is 1. The number of anilines is 1. The highest BCUT2D eigenvalue weighted by Crippen LogP contribution is 2.20. The van der Waals surface area contributed by atoms with Gasteiger partial charge in [0.2, 0.25) is 0 Å². The third kappa shape index (κ3) is 4.39. The molecule has 4 nitrogen and oxygen atoms in total. The molecule has 0 radical (unpaired) electrons. The molecule has 2 N–H and O–H groups in total. The second-order valence-electron chi connectivity index (χ2n) is 4.57. The summed E-state index contributed by atoms with van der Waals surface area (Å²) < 4.78 is 5.53. The van der Waals surface area contributed by atoms with Crippen LogP contribution in [0.25, 0.3) is 0 Å². The predicted octanol–water partition coefficient (Wildman–Crippen LogP) is 3.84. The first-order valence-corrected chi connectivity index (χ1v) is 6.90. The molecular formula is C16H16ClNO3. The third-order valence-electron chi connectivity index (χ3n) is 2.97. The smallest absolute Gasteiger partial charge is 0.335 e. The number of halogens is 1. The highest BCUT2D eigenvalue weighted by molar-refractivity contribution is 6.30. The average molecular weight is 306 g/mol. The first-order chi connectivity index (χ1) is 10.1. The van der Waals surface area contributed by atoms with Crippen molar-refractivity contribution in [3.8, 4) is 5.75 Å². The first-order valence-electron chi connectivity index (χ1n) is 6.52. The standard InChI is InChI=1S/C16H16ClNO3/c1-11-5-6-13(17)10-15(11)18-7-8-21-14-4-2-3-12(9-14)16(19)20/h2-6,9-10,18H,7-8H2,1H3,(H,19,20). The Bertz CT molecular complexity index is 643. The van der Waals surface area contributed by atoms with Crippen LogP contribution in [0.1, 0.15) is 15.9 Å². The molecule has 0 aliphatic carbocycles. The van der Waals surface area contributed by atoms with Crippen molar-refractivity contribution < 1.29 is 14.6 Å². The van der Waals surface area contributed by atoms with E-state index in [2.05, 4.69) is 5.32 Å². The van der Waals surface area contributed by atoms with E-state index >= 15 is 0 Å². The van der Waals surface area contributed by atoms with Gasteiger partial charge in [-0.05, 0) is 42.8 Å². The molecule has 0 aliphatic heterocycles. The molecule has 0 aliphatic rings. The molecule has 0 amide bonds. The van der Waals surface area contributed by atoms with Crippen molar-refractivity contribution in [1.29, 1.82) is 0 Å². The van der Waals surface area contributed by atoms with E-state index in [1.807, 2.05) is 25.1 Å². The molecule has 0 unspecified atom stereocenters. The highest BCUT2D eigenvalue weighted by atomic mass is 35.5. The second-order valence-corrected chi connectivity index (χ2v) is 5.00. The minimum Gasteiger partial charge on any atom is -0.492 e. The summed E-state index contributed by atoms with van der Waals surface area (Å²) in [6.45, 7) is 3.02. The third-order valence-corrected chi connectivity index (χ3v) is 3.20. The molecule has 21 heavy (non-hydrogen) atoms. The van der Waals surface area contributed by atoms with Gasteiger partial charge in [-0.3, -0.25) is 0 Å². The van der Waals surface area contributed by atoms with Crippen LogP contribution >= 0.6 is 11.6 Å². The van der Waals surface area contributed by atoms with Gasteiger partial charge in [-0.15, -0.1) is 0 Å². The van der Waals surface area contributed by atoms with Gasteiger partial charge in [0.05, 0.1) is 5.56 Å². The summed E-state index contributed by atoms with van der Waals surface area (Å²) in [5, 5.41) is 12.8. The molecule has 2 aromatic carbocycles. The number of hydrogen-bond acceptors (Lipinski definition) is 3. The number of benzene rings is 2. The van der Waals surface area contributed by atoms with Crippen molar-refractivity contribution in [2.24, 2.45) is 0 Å². The average Bonchev–Trinajstić information content (AvgIpc) is 2.47. The van der Waals surface area contributed by atoms with Crippen LogP contribution in [0.15, 0.2) is 42.5 Å². The summed E-state index contributed by atoms with van der Waals surface area (Å²) >= 11 is 5.95. The van der Waals surface area contributed by atoms with Gasteiger partial charge in [-0.25, -0.2) is 4.79 Å². The van der Waals surface area contributed by atoms with Crippen LogP contribution in [0, 0.1) is 6.92 Å². The Kier molecular flexibility index (Phi) is 5.06. The lowest BCUT2D eigenvalue weighted by Crippen LogP contribution is -2.12. The zero-order valence-electron chi connectivity index (χ0n) is 11.6. The molecule has 0 aromatic heterocycles. The van der Waals surface area contributed by atoms with E-state index in [1.165, 1.54) is 12.1 Å². The van der Waals surface area contributed by atoms with Crippen LogP contribution in [-0.4, -0.2) is 24.2 Å². The summed E-state index contributed by atoms with van der Waals surface area (Å²) in [5.74, 6) is -0.423. The van der Waals surface area contributed by atoms with E-state index in [0.717, 1.165) is 11.3 Å². The van der Waals surface area contributed by atoms with Crippen molar-refractivity contribution in [2.75, 3.05) is 18.5 Å². The molecule has 2 aromatic rings. The minimum atomic E-state index is -0.965. The van der Waals surface area contributed by atoms with Gasteiger partial charge >= 0.3 is 5.97 Å². The van der Waals surface area contributed by atoms with Crippen molar-refractivity contribution >= 4 is 23.3 Å². The van der Waals surface area contributed by atoms with Gasteiger partial charge in [0.25, 0.3) is 0 Å². The molecule has 0 bridgehead atoms. The van der Waals surface area contributed by atoms with Gasteiger partial charge in [-0.1, -0.05) is 23.7 Å². The maximum absolute atomic E-state index is 10.9. The Morgan fingerprint density at radius 1 is 1.29 bits per heavy atom. The number of rotatable bonds is 6. The van der Waals surface area contributed by atoms with E-state index < -0.39 is 5.97 Å². The molecule has 0 saturated carbocycles. The minimum absolute atomic E-state index is 0.214. The summed E-state index contributed by atoms with van der Waals surface area (Å²) in [5.41, 5.74) is 2.28. The maximum Gasteiger partial charge on any atom is 0.335 e. The van der Waals surface area contributed by atoms with Gasteiger partial charge in [0, 0.05) is 17.3 Å². The molecule has 0 heterocycles. The van der Waals surface area contributed by atoms with Crippen molar-refractivity contribution in [2.45, 2.75) is 6.92 Å². The lowest BCUT2D eigenvalue weighted by Gasteiger charge is -2.11. The van der Waals surface area contributed by atoms with Gasteiger partial charge in [0.1, 0.15) is 12.4 Å². The van der Waals surface area contributed by atoms with Gasteiger partial charge < -0.3 is 15.2 Å².